The molecule has 8 heteroatoms. The molecule has 1 aromatic heterocycles. The molecule has 2 atom stereocenters. The van der Waals surface area contributed by atoms with E-state index in [1.54, 1.807) is 13.3 Å². The van der Waals surface area contributed by atoms with Crippen molar-refractivity contribution in [3.63, 3.8) is 0 Å². The molecule has 2 aliphatic heterocycles. The Morgan fingerprint density at radius 2 is 2.13 bits per heavy atom. The molecule has 2 fully saturated rings. The summed E-state index contributed by atoms with van der Waals surface area (Å²) < 4.78 is 11.6. The Bertz CT molecular complexity index is 844. The van der Waals surface area contributed by atoms with E-state index in [-0.39, 0.29) is 12.0 Å². The van der Waals surface area contributed by atoms with Gasteiger partial charge < -0.3 is 14.4 Å². The van der Waals surface area contributed by atoms with Crippen LogP contribution in [0.4, 0.5) is 0 Å². The smallest absolute Gasteiger partial charge is 0.237 e. The molecule has 0 bridgehead atoms. The predicted molar refractivity (Wildman–Crippen MR) is 117 cm³/mol. The van der Waals surface area contributed by atoms with Gasteiger partial charge in [0, 0.05) is 38.4 Å². The van der Waals surface area contributed by atoms with Gasteiger partial charge in [-0.1, -0.05) is 18.2 Å². The molecule has 0 saturated carbocycles. The summed E-state index contributed by atoms with van der Waals surface area (Å²) in [6.45, 7) is 4.40. The number of nitrogens with one attached hydrogen (secondary N) is 2. The summed E-state index contributed by atoms with van der Waals surface area (Å²) >= 11 is 0. The van der Waals surface area contributed by atoms with Gasteiger partial charge >= 0.3 is 0 Å². The Morgan fingerprint density at radius 3 is 2.90 bits per heavy atom. The van der Waals surface area contributed by atoms with Gasteiger partial charge in [0.05, 0.1) is 38.6 Å². The fraction of sp³-hybridized carbons (Fsp3) is 0.478. The summed E-state index contributed by atoms with van der Waals surface area (Å²) in [5, 5.41) is 0. The van der Waals surface area contributed by atoms with Gasteiger partial charge in [-0.3, -0.25) is 25.5 Å². The van der Waals surface area contributed by atoms with Gasteiger partial charge in [-0.15, -0.1) is 0 Å². The summed E-state index contributed by atoms with van der Waals surface area (Å²) in [5.41, 5.74) is 8.41. The Balaban J connectivity index is 1.44. The van der Waals surface area contributed by atoms with Crippen molar-refractivity contribution in [2.75, 3.05) is 39.8 Å². The van der Waals surface area contributed by atoms with E-state index < -0.39 is 0 Å². The van der Waals surface area contributed by atoms with Gasteiger partial charge in [-0.25, -0.2) is 0 Å². The van der Waals surface area contributed by atoms with Crippen molar-refractivity contribution < 1.29 is 14.3 Å². The molecule has 3 heterocycles. The van der Waals surface area contributed by atoms with Crippen LogP contribution in [0.25, 0.3) is 0 Å². The highest BCUT2D eigenvalue weighted by molar-refractivity contribution is 5.78. The zero-order valence-corrected chi connectivity index (χ0v) is 18.0. The summed E-state index contributed by atoms with van der Waals surface area (Å²) in [6.07, 6.45) is 2.73. The van der Waals surface area contributed by atoms with Crippen LogP contribution in [0.5, 0.6) is 5.75 Å². The van der Waals surface area contributed by atoms with Crippen molar-refractivity contribution in [3.05, 3.63) is 59.9 Å². The van der Waals surface area contributed by atoms with Crippen LogP contribution < -0.4 is 15.6 Å². The number of nitrogens with zero attached hydrogens (tertiary/aromatic N) is 3. The summed E-state index contributed by atoms with van der Waals surface area (Å²) in [5.74, 6) is 0.930. The van der Waals surface area contributed by atoms with Crippen molar-refractivity contribution in [1.29, 1.82) is 0 Å². The first kappa shape index (κ1) is 21.7. The number of carbonyl (C=O) groups is 1. The van der Waals surface area contributed by atoms with E-state index in [1.807, 2.05) is 47.4 Å². The fourth-order valence-corrected chi connectivity index (χ4v) is 4.09. The lowest BCUT2D eigenvalue weighted by atomic mass is 10.2. The lowest BCUT2D eigenvalue weighted by molar-refractivity contribution is -0.132. The van der Waals surface area contributed by atoms with E-state index >= 15 is 0 Å². The third-order valence-corrected chi connectivity index (χ3v) is 5.70. The minimum Gasteiger partial charge on any atom is -0.497 e. The molecule has 0 aliphatic carbocycles. The van der Waals surface area contributed by atoms with Crippen molar-refractivity contribution in [2.24, 2.45) is 0 Å². The molecule has 2 aliphatic rings. The first-order chi connectivity index (χ1) is 15.2. The van der Waals surface area contributed by atoms with Crippen molar-refractivity contribution in [2.45, 2.75) is 31.7 Å². The van der Waals surface area contributed by atoms with Crippen LogP contribution in [0.3, 0.4) is 0 Å². The van der Waals surface area contributed by atoms with Crippen molar-refractivity contribution >= 4 is 5.91 Å². The van der Waals surface area contributed by atoms with Crippen LogP contribution in [0, 0.1) is 0 Å². The fourth-order valence-electron chi connectivity index (χ4n) is 4.09. The number of carbonyl (C=O) groups excluding carboxylic acids is 1. The van der Waals surface area contributed by atoms with Crippen LogP contribution in [-0.4, -0.2) is 72.7 Å². The SMILES string of the molecule is COc1cccc(COC2CN(CC3CCNN3)CC(=O)N(Cc3ccccn3)C2)c1. The average Bonchev–Trinajstić information content (AvgIpc) is 3.25. The van der Waals surface area contributed by atoms with E-state index in [2.05, 4.69) is 20.7 Å². The number of hydrazine groups is 1. The number of pyridine rings is 1. The quantitative estimate of drug-likeness (QED) is 0.658. The third kappa shape index (κ3) is 6.24. The van der Waals surface area contributed by atoms with E-state index in [9.17, 15) is 4.79 Å². The van der Waals surface area contributed by atoms with E-state index in [1.165, 1.54) is 0 Å². The molecule has 31 heavy (non-hydrogen) atoms. The summed E-state index contributed by atoms with van der Waals surface area (Å²) in [6, 6.07) is 14.0. The number of ether oxygens (including phenoxy) is 2. The van der Waals surface area contributed by atoms with Gasteiger partial charge in [0.15, 0.2) is 0 Å². The van der Waals surface area contributed by atoms with E-state index in [0.29, 0.717) is 38.8 Å². The summed E-state index contributed by atoms with van der Waals surface area (Å²) in [4.78, 5) is 21.5. The average molecular weight is 426 g/mol. The maximum Gasteiger partial charge on any atom is 0.237 e. The second kappa shape index (κ2) is 10.7. The maximum atomic E-state index is 13.1. The first-order valence-corrected chi connectivity index (χ1v) is 10.8. The van der Waals surface area contributed by atoms with Crippen LogP contribution >= 0.6 is 0 Å². The number of rotatable bonds is 8. The van der Waals surface area contributed by atoms with Gasteiger partial charge in [-0.2, -0.15) is 0 Å². The predicted octanol–water partition coefficient (Wildman–Crippen LogP) is 1.19. The van der Waals surface area contributed by atoms with E-state index in [4.69, 9.17) is 9.47 Å². The minimum atomic E-state index is -0.0873. The summed E-state index contributed by atoms with van der Waals surface area (Å²) in [7, 11) is 1.66. The molecule has 0 spiro atoms. The standard InChI is InChI=1S/C23H31N5O3/c1-30-21-7-4-5-18(11-21)17-31-22-14-27(12-20-8-10-25-26-20)16-23(29)28(15-22)13-19-6-2-3-9-24-19/h2-7,9,11,20,22,25-26H,8,10,12-17H2,1H3. The number of benzene rings is 1. The Morgan fingerprint density at radius 1 is 1.19 bits per heavy atom. The largest absolute Gasteiger partial charge is 0.497 e. The lowest BCUT2D eigenvalue weighted by Crippen LogP contribution is -2.44. The molecular formula is C23H31N5O3. The number of methoxy groups -OCH3 is 1. The number of hydrogen-bond acceptors (Lipinski definition) is 7. The molecular weight excluding hydrogens is 394 g/mol. The normalized spacial score (nSPS) is 22.5. The molecule has 166 valence electrons. The molecule has 1 aromatic carbocycles. The highest BCUT2D eigenvalue weighted by atomic mass is 16.5. The zero-order chi connectivity index (χ0) is 21.5. The molecule has 2 unspecified atom stereocenters. The Labute approximate surface area is 183 Å². The van der Waals surface area contributed by atoms with Crippen LogP contribution in [0.15, 0.2) is 48.7 Å². The Hall–Kier alpha value is -2.52. The van der Waals surface area contributed by atoms with Crippen molar-refractivity contribution in [3.8, 4) is 5.75 Å². The highest BCUT2D eigenvalue weighted by Gasteiger charge is 2.30. The maximum absolute atomic E-state index is 13.1. The zero-order valence-electron chi connectivity index (χ0n) is 18.0. The molecule has 2 N–H and O–H groups in total. The molecule has 2 aromatic rings. The van der Waals surface area contributed by atoms with Gasteiger partial charge in [0.25, 0.3) is 0 Å². The number of aromatic nitrogens is 1. The highest BCUT2D eigenvalue weighted by Crippen LogP contribution is 2.17. The second-order valence-corrected chi connectivity index (χ2v) is 8.13. The van der Waals surface area contributed by atoms with Crippen LogP contribution in [0.1, 0.15) is 17.7 Å². The molecule has 2 saturated heterocycles. The number of hydrogen-bond donors (Lipinski definition) is 2. The monoisotopic (exact) mass is 425 g/mol. The molecule has 0 radical (unpaired) electrons. The van der Waals surface area contributed by atoms with E-state index in [0.717, 1.165) is 36.5 Å². The topological polar surface area (TPSA) is 79.0 Å². The number of amides is 1. The molecule has 4 rings (SSSR count). The molecule has 1 amide bonds. The van der Waals surface area contributed by atoms with Gasteiger partial charge in [0.1, 0.15) is 5.75 Å². The first-order valence-electron chi connectivity index (χ1n) is 10.8. The molecule has 8 nitrogen and oxygen atoms in total. The second-order valence-electron chi connectivity index (χ2n) is 8.13. The van der Waals surface area contributed by atoms with Crippen LogP contribution in [-0.2, 0) is 22.7 Å². The Kier molecular flexibility index (Phi) is 7.48. The van der Waals surface area contributed by atoms with Crippen LogP contribution in [0.2, 0.25) is 0 Å². The van der Waals surface area contributed by atoms with Gasteiger partial charge in [-0.05, 0) is 36.2 Å². The van der Waals surface area contributed by atoms with Crippen molar-refractivity contribution in [1.82, 2.24) is 25.6 Å². The third-order valence-electron chi connectivity index (χ3n) is 5.70. The van der Waals surface area contributed by atoms with Gasteiger partial charge in [0.2, 0.25) is 5.91 Å². The minimum absolute atomic E-state index is 0.0873. The lowest BCUT2D eigenvalue weighted by Gasteiger charge is -2.26.